The summed E-state index contributed by atoms with van der Waals surface area (Å²) in [6.07, 6.45) is 0.961. The highest BCUT2D eigenvalue weighted by Gasteiger charge is 2.33. The number of ether oxygens (including phenoxy) is 1. The zero-order chi connectivity index (χ0) is 29.4. The number of carbonyl (C=O) groups is 1. The number of alkyl carbamates (subject to hydrolysis) is 1. The van der Waals surface area contributed by atoms with E-state index in [1.54, 1.807) is 34.6 Å². The molecule has 6 N–H and O–H groups in total. The van der Waals surface area contributed by atoms with E-state index in [0.29, 0.717) is 0 Å². The molecule has 14 heteroatoms. The number of anilines is 2. The van der Waals surface area contributed by atoms with E-state index in [9.17, 15) is 32.2 Å². The maximum absolute atomic E-state index is 12.7. The summed E-state index contributed by atoms with van der Waals surface area (Å²) in [5.74, 6) is 0.0595. The van der Waals surface area contributed by atoms with Crippen molar-refractivity contribution in [3.63, 3.8) is 0 Å². The van der Waals surface area contributed by atoms with Gasteiger partial charge in [0.25, 0.3) is 6.43 Å². The molecule has 1 aliphatic carbocycles. The van der Waals surface area contributed by atoms with Crippen molar-refractivity contribution in [1.82, 2.24) is 15.0 Å². The zero-order valence-corrected chi connectivity index (χ0v) is 24.1. The van der Waals surface area contributed by atoms with Crippen LogP contribution >= 0.6 is 0 Å². The molecule has 0 aromatic carbocycles. The molecule has 0 saturated heterocycles. The van der Waals surface area contributed by atoms with Crippen molar-refractivity contribution in [1.29, 1.82) is 0 Å². The normalized spacial score (nSPS) is 17.0. The molecule has 1 saturated carbocycles. The van der Waals surface area contributed by atoms with Crippen LogP contribution in [-0.2, 0) is 14.8 Å². The molecule has 1 heterocycles. The number of hydrogen-bond donors (Lipinski definition) is 6. The van der Waals surface area contributed by atoms with E-state index in [2.05, 4.69) is 20.9 Å². The van der Waals surface area contributed by atoms with Crippen LogP contribution in [0.5, 0.6) is 0 Å². The number of nitrogens with zero attached hydrogens (tertiary/aromatic N) is 1. The number of pyridine rings is 1. The first kappa shape index (κ1) is 32.9. The number of carbonyl (C=O) groups excluding carboxylic acids is 1. The van der Waals surface area contributed by atoms with Crippen LogP contribution in [0.4, 0.5) is 25.1 Å². The largest absolute Gasteiger partial charge is 0.444 e. The Bertz CT molecular complexity index is 1040. The number of sulfonamides is 1. The number of halogens is 2. The van der Waals surface area contributed by atoms with Gasteiger partial charge < -0.3 is 30.9 Å². The molecule has 0 bridgehead atoms. The van der Waals surface area contributed by atoms with E-state index in [1.807, 2.05) is 4.72 Å². The SMILES string of the molecule is CC(C)(O)CCNc1cc(N[C@@H](O)[C@@H](NC(=O)OC(C)(C)C)C2CCCCC2)ncc1S(=O)(=O)NCC(F)F. The summed E-state index contributed by atoms with van der Waals surface area (Å²) in [5, 5.41) is 29.6. The lowest BCUT2D eigenvalue weighted by Crippen LogP contribution is -2.52. The maximum atomic E-state index is 12.7. The molecule has 1 aliphatic rings. The molecular formula is C25H43F2N5O6S. The summed E-state index contributed by atoms with van der Waals surface area (Å²) >= 11 is 0. The summed E-state index contributed by atoms with van der Waals surface area (Å²) in [6, 6.07) is 0.611. The number of aliphatic hydroxyl groups excluding tert-OH is 1. The minimum Gasteiger partial charge on any atom is -0.444 e. The van der Waals surface area contributed by atoms with Crippen LogP contribution in [0.1, 0.15) is 73.1 Å². The van der Waals surface area contributed by atoms with Crippen molar-refractivity contribution in [2.45, 2.75) is 108 Å². The van der Waals surface area contributed by atoms with Gasteiger partial charge in [-0.15, -0.1) is 0 Å². The fourth-order valence-electron chi connectivity index (χ4n) is 4.26. The quantitative estimate of drug-likeness (QED) is 0.192. The van der Waals surface area contributed by atoms with Crippen LogP contribution < -0.4 is 20.7 Å². The van der Waals surface area contributed by atoms with Crippen LogP contribution in [0.3, 0.4) is 0 Å². The van der Waals surface area contributed by atoms with E-state index < -0.39 is 52.6 Å². The van der Waals surface area contributed by atoms with Gasteiger partial charge in [-0.1, -0.05) is 19.3 Å². The second-order valence-electron chi connectivity index (χ2n) is 11.5. The first-order valence-electron chi connectivity index (χ1n) is 13.1. The van der Waals surface area contributed by atoms with Gasteiger partial charge in [-0.05, 0) is 59.8 Å². The molecule has 2 atom stereocenters. The highest BCUT2D eigenvalue weighted by Crippen LogP contribution is 2.30. The molecule has 0 radical (unpaired) electrons. The molecule has 1 aromatic heterocycles. The number of nitrogens with one attached hydrogen (secondary N) is 4. The van der Waals surface area contributed by atoms with Crippen molar-refractivity contribution < 1.29 is 36.9 Å². The van der Waals surface area contributed by atoms with Gasteiger partial charge in [-0.2, -0.15) is 0 Å². The van der Waals surface area contributed by atoms with Crippen molar-refractivity contribution in [2.75, 3.05) is 23.7 Å². The molecule has 0 unspecified atom stereocenters. The maximum Gasteiger partial charge on any atom is 0.408 e. The van der Waals surface area contributed by atoms with Crippen LogP contribution in [0.2, 0.25) is 0 Å². The number of aliphatic hydroxyl groups is 2. The smallest absolute Gasteiger partial charge is 0.408 e. The standard InChI is InChI=1S/C25H43F2N5O6S/c1-24(2,3)38-23(34)32-21(16-9-7-6-8-10-16)22(33)31-20-13-17(28-12-11-25(4,5)35)18(14-29-20)39(36,37)30-15-19(26)27/h13-14,16,19,21-22,30,33,35H,6-12,15H2,1-5H3,(H,32,34)(H2,28,29,31)/t21-,22-/m0/s1. The number of hydrogen-bond acceptors (Lipinski definition) is 9. The molecule has 224 valence electrons. The average Bonchev–Trinajstić information content (AvgIpc) is 2.80. The van der Waals surface area contributed by atoms with Crippen LogP contribution in [0.15, 0.2) is 17.2 Å². The Balaban J connectivity index is 2.31. The molecule has 1 fully saturated rings. The Hall–Kier alpha value is -2.29. The third kappa shape index (κ3) is 11.8. The molecule has 1 aromatic rings. The van der Waals surface area contributed by atoms with E-state index in [0.717, 1.165) is 38.3 Å². The molecule has 11 nitrogen and oxygen atoms in total. The second kappa shape index (κ2) is 13.9. The van der Waals surface area contributed by atoms with Crippen molar-refractivity contribution >= 4 is 27.6 Å². The van der Waals surface area contributed by atoms with E-state index in [4.69, 9.17) is 4.74 Å². The van der Waals surface area contributed by atoms with Gasteiger partial charge in [0.15, 0.2) is 0 Å². The predicted octanol–water partition coefficient (Wildman–Crippen LogP) is 3.40. The van der Waals surface area contributed by atoms with Gasteiger partial charge in [-0.25, -0.2) is 31.7 Å². The highest BCUT2D eigenvalue weighted by atomic mass is 32.2. The summed E-state index contributed by atoms with van der Waals surface area (Å²) < 4.78 is 58.0. The fourth-order valence-corrected chi connectivity index (χ4v) is 5.37. The lowest BCUT2D eigenvalue weighted by molar-refractivity contribution is 0.0366. The summed E-state index contributed by atoms with van der Waals surface area (Å²) in [6.45, 7) is 7.49. The van der Waals surface area contributed by atoms with Gasteiger partial charge >= 0.3 is 6.09 Å². The highest BCUT2D eigenvalue weighted by molar-refractivity contribution is 7.89. The third-order valence-electron chi connectivity index (χ3n) is 6.11. The first-order chi connectivity index (χ1) is 18.0. The average molecular weight is 580 g/mol. The third-order valence-corrected chi connectivity index (χ3v) is 7.56. The van der Waals surface area contributed by atoms with E-state index in [-0.39, 0.29) is 35.3 Å². The van der Waals surface area contributed by atoms with E-state index in [1.165, 1.54) is 6.07 Å². The lowest BCUT2D eigenvalue weighted by Gasteiger charge is -2.35. The van der Waals surface area contributed by atoms with Crippen LogP contribution in [-0.4, -0.2) is 72.7 Å². The first-order valence-corrected chi connectivity index (χ1v) is 14.6. The Morgan fingerprint density at radius 2 is 1.82 bits per heavy atom. The van der Waals surface area contributed by atoms with E-state index >= 15 is 0 Å². The zero-order valence-electron chi connectivity index (χ0n) is 23.3. The summed E-state index contributed by atoms with van der Waals surface area (Å²) in [7, 11) is -4.35. The van der Waals surface area contributed by atoms with Gasteiger partial charge in [0, 0.05) is 12.6 Å². The minimum absolute atomic E-state index is 0.0312. The van der Waals surface area contributed by atoms with Gasteiger partial charge in [0.2, 0.25) is 10.0 Å². The molecule has 1 amide bonds. The van der Waals surface area contributed by atoms with Gasteiger partial charge in [0.05, 0.1) is 30.1 Å². The van der Waals surface area contributed by atoms with Gasteiger partial charge in [0.1, 0.15) is 22.5 Å². The molecule has 0 aliphatic heterocycles. The predicted molar refractivity (Wildman–Crippen MR) is 144 cm³/mol. The summed E-state index contributed by atoms with van der Waals surface area (Å²) in [5.41, 5.74) is -1.73. The molecule has 2 rings (SSSR count). The van der Waals surface area contributed by atoms with Crippen molar-refractivity contribution in [3.05, 3.63) is 12.3 Å². The van der Waals surface area contributed by atoms with Crippen LogP contribution in [0, 0.1) is 5.92 Å². The molecular weight excluding hydrogens is 536 g/mol. The monoisotopic (exact) mass is 579 g/mol. The molecule has 0 spiro atoms. The Kier molecular flexibility index (Phi) is 11.7. The minimum atomic E-state index is -4.35. The Morgan fingerprint density at radius 3 is 2.38 bits per heavy atom. The number of alkyl halides is 2. The number of amides is 1. The number of rotatable bonds is 13. The molecule has 39 heavy (non-hydrogen) atoms. The number of aromatic nitrogens is 1. The van der Waals surface area contributed by atoms with Gasteiger partial charge in [-0.3, -0.25) is 0 Å². The Labute approximate surface area is 229 Å². The van der Waals surface area contributed by atoms with Crippen molar-refractivity contribution in [3.8, 4) is 0 Å². The van der Waals surface area contributed by atoms with Crippen molar-refractivity contribution in [2.24, 2.45) is 5.92 Å². The summed E-state index contributed by atoms with van der Waals surface area (Å²) in [4.78, 5) is 16.3. The lowest BCUT2D eigenvalue weighted by atomic mass is 9.83. The van der Waals surface area contributed by atoms with Crippen LogP contribution in [0.25, 0.3) is 0 Å². The topological polar surface area (TPSA) is 162 Å². The second-order valence-corrected chi connectivity index (χ2v) is 13.2. The Morgan fingerprint density at radius 1 is 1.18 bits per heavy atom. The fraction of sp³-hybridized carbons (Fsp3) is 0.760.